The summed E-state index contributed by atoms with van der Waals surface area (Å²) >= 11 is 0. The highest BCUT2D eigenvalue weighted by Gasteiger charge is 2.20. The molecule has 0 atom stereocenters. The lowest BCUT2D eigenvalue weighted by Crippen LogP contribution is -2.21. The number of hydrazone groups is 1. The molecule has 5 heteroatoms. The van der Waals surface area contributed by atoms with Gasteiger partial charge in [0, 0.05) is 5.56 Å². The zero-order chi connectivity index (χ0) is 15.7. The molecule has 4 nitrogen and oxygen atoms in total. The molecule has 1 N–H and O–H groups in total. The molecule has 2 aromatic rings. The lowest BCUT2D eigenvalue weighted by Gasteiger charge is -2.08. The summed E-state index contributed by atoms with van der Waals surface area (Å²) in [5, 5.41) is 4.16. The van der Waals surface area contributed by atoms with Crippen LogP contribution in [0.4, 0.5) is 0 Å². The highest BCUT2D eigenvalue weighted by Crippen LogP contribution is 2.22. The molecule has 0 saturated carbocycles. The molecular formula is C17H18N2O2S. The second-order valence-electron chi connectivity index (χ2n) is 5.58. The molecule has 1 aliphatic rings. The Morgan fingerprint density at radius 2 is 1.82 bits per heavy atom. The first kappa shape index (κ1) is 14.8. The van der Waals surface area contributed by atoms with Gasteiger partial charge in [0.05, 0.1) is 10.6 Å². The first-order chi connectivity index (χ1) is 10.5. The molecule has 0 radical (unpaired) electrons. The molecule has 0 bridgehead atoms. The van der Waals surface area contributed by atoms with Crippen LogP contribution < -0.4 is 4.83 Å². The number of nitrogens with one attached hydrogen (secondary N) is 1. The van der Waals surface area contributed by atoms with Crippen molar-refractivity contribution in [1.82, 2.24) is 4.83 Å². The molecule has 2 aromatic carbocycles. The zero-order valence-corrected chi connectivity index (χ0v) is 13.4. The Morgan fingerprint density at radius 1 is 1.05 bits per heavy atom. The van der Waals surface area contributed by atoms with Crippen molar-refractivity contribution in [3.8, 4) is 0 Å². The molecule has 114 valence electrons. The van der Waals surface area contributed by atoms with Crippen LogP contribution in [0.25, 0.3) is 0 Å². The van der Waals surface area contributed by atoms with E-state index in [0.29, 0.717) is 5.56 Å². The Balaban J connectivity index is 1.90. The van der Waals surface area contributed by atoms with Gasteiger partial charge in [0.15, 0.2) is 0 Å². The van der Waals surface area contributed by atoms with E-state index in [4.69, 9.17) is 0 Å². The van der Waals surface area contributed by atoms with Gasteiger partial charge < -0.3 is 0 Å². The van der Waals surface area contributed by atoms with E-state index in [9.17, 15) is 8.42 Å². The average molecular weight is 314 g/mol. The van der Waals surface area contributed by atoms with Crippen molar-refractivity contribution in [2.24, 2.45) is 5.10 Å². The van der Waals surface area contributed by atoms with Crippen LogP contribution in [0.3, 0.4) is 0 Å². The highest BCUT2D eigenvalue weighted by atomic mass is 32.2. The highest BCUT2D eigenvalue weighted by molar-refractivity contribution is 7.89. The Morgan fingerprint density at radius 3 is 2.64 bits per heavy atom. The van der Waals surface area contributed by atoms with Crippen LogP contribution in [0, 0.1) is 13.8 Å². The van der Waals surface area contributed by atoms with E-state index in [2.05, 4.69) is 16.0 Å². The maximum absolute atomic E-state index is 12.5. The van der Waals surface area contributed by atoms with Crippen LogP contribution >= 0.6 is 0 Å². The number of aryl methyl sites for hydroxylation is 3. The number of fused-ring (bicyclic) bond motifs is 1. The maximum Gasteiger partial charge on any atom is 0.276 e. The molecule has 0 amide bonds. The van der Waals surface area contributed by atoms with Gasteiger partial charge in [-0.2, -0.15) is 18.4 Å². The van der Waals surface area contributed by atoms with Gasteiger partial charge in [-0.15, -0.1) is 0 Å². The second-order valence-corrected chi connectivity index (χ2v) is 7.21. The normalized spacial score (nSPS) is 15.8. The average Bonchev–Trinajstić information content (AvgIpc) is 2.91. The molecule has 0 aliphatic heterocycles. The standard InChI is InChI=1S/C17H18N2O2S/c1-12-7-8-13(2)17(11-12)22(20,21)19-18-16-10-9-14-5-3-4-6-15(14)16/h3-8,11,19H,9-10H2,1-2H3. The fourth-order valence-electron chi connectivity index (χ4n) is 2.68. The van der Waals surface area contributed by atoms with Gasteiger partial charge in [-0.25, -0.2) is 0 Å². The van der Waals surface area contributed by atoms with Crippen molar-refractivity contribution >= 4 is 15.7 Å². The van der Waals surface area contributed by atoms with Crippen LogP contribution in [-0.4, -0.2) is 14.1 Å². The van der Waals surface area contributed by atoms with Crippen LogP contribution in [0.2, 0.25) is 0 Å². The lowest BCUT2D eigenvalue weighted by molar-refractivity contribution is 0.583. The predicted molar refractivity (Wildman–Crippen MR) is 87.5 cm³/mol. The van der Waals surface area contributed by atoms with Crippen molar-refractivity contribution < 1.29 is 8.42 Å². The monoisotopic (exact) mass is 314 g/mol. The fourth-order valence-corrected chi connectivity index (χ4v) is 3.85. The Hall–Kier alpha value is -2.14. The van der Waals surface area contributed by atoms with Crippen molar-refractivity contribution in [1.29, 1.82) is 0 Å². The van der Waals surface area contributed by atoms with E-state index in [1.807, 2.05) is 37.3 Å². The minimum Gasteiger partial charge on any atom is -0.200 e. The van der Waals surface area contributed by atoms with Crippen molar-refractivity contribution in [2.75, 3.05) is 0 Å². The number of hydrogen-bond donors (Lipinski definition) is 1. The van der Waals surface area contributed by atoms with E-state index in [-0.39, 0.29) is 4.90 Å². The third-order valence-electron chi connectivity index (χ3n) is 3.89. The molecule has 0 unspecified atom stereocenters. The molecule has 0 saturated heterocycles. The van der Waals surface area contributed by atoms with Crippen molar-refractivity contribution in [2.45, 2.75) is 31.6 Å². The Labute approximate surface area is 130 Å². The van der Waals surface area contributed by atoms with Gasteiger partial charge in [-0.05, 0) is 49.4 Å². The number of sulfonamides is 1. The van der Waals surface area contributed by atoms with E-state index < -0.39 is 10.0 Å². The summed E-state index contributed by atoms with van der Waals surface area (Å²) < 4.78 is 24.9. The van der Waals surface area contributed by atoms with Gasteiger partial charge in [-0.1, -0.05) is 36.4 Å². The molecule has 0 spiro atoms. The SMILES string of the molecule is Cc1ccc(C)c(S(=O)(=O)NN=C2CCc3ccccc32)c1. The first-order valence-corrected chi connectivity index (χ1v) is 8.69. The van der Waals surface area contributed by atoms with E-state index in [1.165, 1.54) is 5.56 Å². The molecule has 0 fully saturated rings. The first-order valence-electron chi connectivity index (χ1n) is 7.21. The smallest absolute Gasteiger partial charge is 0.200 e. The maximum atomic E-state index is 12.5. The van der Waals surface area contributed by atoms with Crippen molar-refractivity contribution in [3.05, 3.63) is 64.7 Å². The van der Waals surface area contributed by atoms with Crippen molar-refractivity contribution in [3.63, 3.8) is 0 Å². The molecular weight excluding hydrogens is 296 g/mol. The number of nitrogens with zero attached hydrogens (tertiary/aromatic N) is 1. The Kier molecular flexibility index (Phi) is 3.74. The minimum absolute atomic E-state index is 0.281. The van der Waals surface area contributed by atoms with Gasteiger partial charge in [-0.3, -0.25) is 0 Å². The summed E-state index contributed by atoms with van der Waals surface area (Å²) in [5.41, 5.74) is 4.66. The summed E-state index contributed by atoms with van der Waals surface area (Å²) in [4.78, 5) is 2.67. The van der Waals surface area contributed by atoms with Gasteiger partial charge in [0.25, 0.3) is 10.0 Å². The minimum atomic E-state index is -3.64. The fraction of sp³-hybridized carbons (Fsp3) is 0.235. The molecule has 0 aromatic heterocycles. The van der Waals surface area contributed by atoms with Gasteiger partial charge in [0.2, 0.25) is 0 Å². The third-order valence-corrected chi connectivity index (χ3v) is 5.24. The summed E-state index contributed by atoms with van der Waals surface area (Å²) in [5.74, 6) is 0. The zero-order valence-electron chi connectivity index (χ0n) is 12.6. The lowest BCUT2D eigenvalue weighted by atomic mass is 10.1. The number of benzene rings is 2. The van der Waals surface area contributed by atoms with Crippen LogP contribution in [0.1, 0.15) is 28.7 Å². The summed E-state index contributed by atoms with van der Waals surface area (Å²) in [6, 6.07) is 13.3. The van der Waals surface area contributed by atoms with E-state index in [1.54, 1.807) is 13.0 Å². The topological polar surface area (TPSA) is 58.5 Å². The Bertz CT molecular complexity index is 855. The largest absolute Gasteiger partial charge is 0.276 e. The summed E-state index contributed by atoms with van der Waals surface area (Å²) in [6.07, 6.45) is 1.66. The molecule has 3 rings (SSSR count). The molecule has 1 aliphatic carbocycles. The molecule has 0 heterocycles. The van der Waals surface area contributed by atoms with Gasteiger partial charge in [0.1, 0.15) is 0 Å². The van der Waals surface area contributed by atoms with Crippen LogP contribution in [-0.2, 0) is 16.4 Å². The van der Waals surface area contributed by atoms with E-state index in [0.717, 1.165) is 29.7 Å². The van der Waals surface area contributed by atoms with Crippen LogP contribution in [0.15, 0.2) is 52.5 Å². The number of hydrogen-bond acceptors (Lipinski definition) is 3. The summed E-state index contributed by atoms with van der Waals surface area (Å²) in [6.45, 7) is 3.66. The quantitative estimate of drug-likeness (QED) is 0.886. The van der Waals surface area contributed by atoms with E-state index >= 15 is 0 Å². The third kappa shape index (κ3) is 2.76. The predicted octanol–water partition coefficient (Wildman–Crippen LogP) is 2.93. The number of rotatable bonds is 3. The van der Waals surface area contributed by atoms with Crippen LogP contribution in [0.5, 0.6) is 0 Å². The summed E-state index contributed by atoms with van der Waals surface area (Å²) in [7, 11) is -3.64. The second kappa shape index (κ2) is 5.57. The molecule has 22 heavy (non-hydrogen) atoms. The van der Waals surface area contributed by atoms with Gasteiger partial charge >= 0.3 is 0 Å².